The second-order valence-corrected chi connectivity index (χ2v) is 14.9. The average Bonchev–Trinajstić information content (AvgIpc) is 3.52. The first kappa shape index (κ1) is 30.5. The Morgan fingerprint density at radius 3 is 1.98 bits per heavy atom. The molecule has 4 atom stereocenters. The highest BCUT2D eigenvalue weighted by molar-refractivity contribution is 6.12. The van der Waals surface area contributed by atoms with Crippen molar-refractivity contribution in [2.24, 2.45) is 17.8 Å². The smallest absolute Gasteiger partial charge is 0.164 e. The third-order valence-corrected chi connectivity index (χ3v) is 11.1. The van der Waals surface area contributed by atoms with E-state index in [0.29, 0.717) is 28.6 Å². The predicted molar refractivity (Wildman–Crippen MR) is 200 cm³/mol. The van der Waals surface area contributed by atoms with E-state index in [2.05, 4.69) is 86.6 Å². The van der Waals surface area contributed by atoms with E-state index in [1.165, 1.54) is 37.7 Å². The number of nitrogens with zero attached hydrogens (tertiary/aromatic N) is 4. The number of hydrogen-bond acceptors (Lipinski definition) is 5. The van der Waals surface area contributed by atoms with Gasteiger partial charge in [-0.2, -0.15) is 5.26 Å². The minimum absolute atomic E-state index is 0.277. The summed E-state index contributed by atoms with van der Waals surface area (Å²) in [6.45, 7) is 4.89. The van der Waals surface area contributed by atoms with E-state index in [1.54, 1.807) is 6.07 Å². The number of furan rings is 1. The first-order valence-electron chi connectivity index (χ1n) is 17.8. The number of fused-ring (bicyclic) bond motifs is 5. The third-order valence-electron chi connectivity index (χ3n) is 11.1. The fraction of sp³-hybridized carbons (Fsp3) is 0.244. The van der Waals surface area contributed by atoms with Crippen molar-refractivity contribution in [2.75, 3.05) is 0 Å². The van der Waals surface area contributed by atoms with Gasteiger partial charge in [0.05, 0.1) is 11.6 Å². The van der Waals surface area contributed by atoms with Crippen LogP contribution in [-0.2, 0) is 5.41 Å². The molecule has 0 radical (unpaired) electrons. The third kappa shape index (κ3) is 5.36. The van der Waals surface area contributed by atoms with Crippen LogP contribution in [0.15, 0.2) is 120 Å². The molecule has 0 N–H and O–H groups in total. The standard InChI is InChI=1S/C45H38N4O/c1-28-20-31-21-29(2)25-45(24-28,26-31)36-17-15-33(16-18-36)43-47-42(32-8-4-3-5-9-32)48-44(49-43)35-11-6-10-34(23-35)37-12-7-13-39-41(37)38-19-14-30(27-46)22-40(38)50-39/h3-19,22-23,28-29,31H,20-21,24-26H2,1-2H3/t28-,29+,31-,45?. The summed E-state index contributed by atoms with van der Waals surface area (Å²) in [7, 11) is 0. The molecule has 5 nitrogen and oxygen atoms in total. The Kier molecular flexibility index (Phi) is 7.35. The molecule has 0 spiro atoms. The zero-order chi connectivity index (χ0) is 33.8. The van der Waals surface area contributed by atoms with E-state index < -0.39 is 0 Å². The van der Waals surface area contributed by atoms with Gasteiger partial charge in [0, 0.05) is 27.5 Å². The maximum absolute atomic E-state index is 9.43. The SMILES string of the molecule is C[C@@H]1C[C@@H]2C[C@H](C)CC(c3ccc(-c4nc(-c5ccccc5)nc(-c5cccc(-c6cccc7oc8cc(C#N)ccc8c67)c5)n4)cc3)(C1)C2. The number of hydrogen-bond donors (Lipinski definition) is 0. The van der Waals surface area contributed by atoms with Gasteiger partial charge in [0.25, 0.3) is 0 Å². The molecule has 5 aromatic carbocycles. The lowest BCUT2D eigenvalue weighted by Crippen LogP contribution is -2.42. The highest BCUT2D eigenvalue weighted by Crippen LogP contribution is 2.54. The molecule has 0 amide bonds. The summed E-state index contributed by atoms with van der Waals surface area (Å²) >= 11 is 0. The molecule has 5 heteroatoms. The summed E-state index contributed by atoms with van der Waals surface area (Å²) in [4.78, 5) is 15.2. The molecular formula is C45H38N4O. The summed E-state index contributed by atoms with van der Waals surface area (Å²) in [5.41, 5.74) is 8.77. The summed E-state index contributed by atoms with van der Waals surface area (Å²) < 4.78 is 6.20. The van der Waals surface area contributed by atoms with E-state index in [9.17, 15) is 5.26 Å². The Bertz CT molecular complexity index is 2400. The fourth-order valence-corrected chi connectivity index (χ4v) is 9.34. The Morgan fingerprint density at radius 2 is 1.26 bits per heavy atom. The van der Waals surface area contributed by atoms with Crippen molar-refractivity contribution >= 4 is 21.9 Å². The second kappa shape index (κ2) is 12.1. The van der Waals surface area contributed by atoms with Gasteiger partial charge in [-0.15, -0.1) is 0 Å². The van der Waals surface area contributed by atoms with Crippen LogP contribution in [0.5, 0.6) is 0 Å². The molecule has 0 aliphatic heterocycles. The monoisotopic (exact) mass is 650 g/mol. The second-order valence-electron chi connectivity index (χ2n) is 14.9. The highest BCUT2D eigenvalue weighted by Gasteiger charge is 2.45. The minimum Gasteiger partial charge on any atom is -0.456 e. The van der Waals surface area contributed by atoms with Crippen LogP contribution in [0.4, 0.5) is 0 Å². The van der Waals surface area contributed by atoms with Crippen LogP contribution in [0.25, 0.3) is 67.2 Å². The molecule has 2 heterocycles. The Balaban J connectivity index is 1.13. The van der Waals surface area contributed by atoms with E-state index in [0.717, 1.165) is 61.9 Å². The minimum atomic E-state index is 0.277. The van der Waals surface area contributed by atoms with Gasteiger partial charge in [-0.25, -0.2) is 15.0 Å². The summed E-state index contributed by atoms with van der Waals surface area (Å²) in [6.07, 6.45) is 6.62. The van der Waals surface area contributed by atoms with Gasteiger partial charge in [0.2, 0.25) is 0 Å². The molecule has 244 valence electrons. The first-order chi connectivity index (χ1) is 24.4. The molecule has 2 fully saturated rings. The van der Waals surface area contributed by atoms with Crippen molar-refractivity contribution in [1.29, 1.82) is 5.26 Å². The van der Waals surface area contributed by atoms with Crippen LogP contribution < -0.4 is 0 Å². The number of rotatable bonds is 5. The summed E-state index contributed by atoms with van der Waals surface area (Å²) in [5.74, 6) is 4.34. The quantitative estimate of drug-likeness (QED) is 0.185. The summed E-state index contributed by atoms with van der Waals surface area (Å²) in [5, 5.41) is 11.4. The molecule has 2 saturated carbocycles. The topological polar surface area (TPSA) is 75.6 Å². The van der Waals surface area contributed by atoms with Gasteiger partial charge in [-0.1, -0.05) is 98.8 Å². The molecule has 7 aromatic rings. The van der Waals surface area contributed by atoms with E-state index in [4.69, 9.17) is 19.4 Å². The fourth-order valence-electron chi connectivity index (χ4n) is 9.34. The van der Waals surface area contributed by atoms with E-state index in [1.807, 2.05) is 42.5 Å². The molecule has 2 aromatic heterocycles. The molecular weight excluding hydrogens is 613 g/mol. The molecule has 9 rings (SSSR count). The lowest BCUT2D eigenvalue weighted by molar-refractivity contribution is 0.0780. The lowest BCUT2D eigenvalue weighted by atomic mass is 9.54. The van der Waals surface area contributed by atoms with Gasteiger partial charge in [-0.05, 0) is 102 Å². The van der Waals surface area contributed by atoms with Crippen LogP contribution in [0.3, 0.4) is 0 Å². The Hall–Kier alpha value is -5.60. The zero-order valence-corrected chi connectivity index (χ0v) is 28.4. The first-order valence-corrected chi connectivity index (χ1v) is 17.8. The van der Waals surface area contributed by atoms with E-state index in [-0.39, 0.29) is 5.41 Å². The molecule has 2 aliphatic carbocycles. The number of benzene rings is 5. The molecule has 2 bridgehead atoms. The maximum atomic E-state index is 9.43. The lowest BCUT2D eigenvalue weighted by Gasteiger charge is -2.50. The van der Waals surface area contributed by atoms with Crippen LogP contribution in [0.1, 0.15) is 57.1 Å². The Morgan fingerprint density at radius 1 is 0.620 bits per heavy atom. The van der Waals surface area contributed by atoms with Crippen LogP contribution in [0, 0.1) is 29.1 Å². The Labute approximate surface area is 292 Å². The molecule has 50 heavy (non-hydrogen) atoms. The van der Waals surface area contributed by atoms with Gasteiger partial charge < -0.3 is 4.42 Å². The van der Waals surface area contributed by atoms with Crippen molar-refractivity contribution in [3.8, 4) is 51.4 Å². The molecule has 2 aliphatic rings. The van der Waals surface area contributed by atoms with Gasteiger partial charge in [-0.3, -0.25) is 0 Å². The highest BCUT2D eigenvalue weighted by atomic mass is 16.3. The normalized spacial score (nSPS) is 21.7. The summed E-state index contributed by atoms with van der Waals surface area (Å²) in [6, 6.07) is 41.7. The predicted octanol–water partition coefficient (Wildman–Crippen LogP) is 11.4. The average molecular weight is 651 g/mol. The van der Waals surface area contributed by atoms with Crippen molar-refractivity contribution in [3.63, 3.8) is 0 Å². The number of nitriles is 1. The van der Waals surface area contributed by atoms with Crippen molar-refractivity contribution < 1.29 is 4.42 Å². The van der Waals surface area contributed by atoms with Gasteiger partial charge in [0.1, 0.15) is 11.2 Å². The van der Waals surface area contributed by atoms with Gasteiger partial charge >= 0.3 is 0 Å². The van der Waals surface area contributed by atoms with Crippen molar-refractivity contribution in [2.45, 2.75) is 51.4 Å². The maximum Gasteiger partial charge on any atom is 0.164 e. The van der Waals surface area contributed by atoms with Crippen LogP contribution in [-0.4, -0.2) is 15.0 Å². The van der Waals surface area contributed by atoms with E-state index >= 15 is 0 Å². The molecule has 1 unspecified atom stereocenters. The largest absolute Gasteiger partial charge is 0.456 e. The van der Waals surface area contributed by atoms with Crippen molar-refractivity contribution in [1.82, 2.24) is 15.0 Å². The van der Waals surface area contributed by atoms with Crippen LogP contribution in [0.2, 0.25) is 0 Å². The number of aromatic nitrogens is 3. The molecule has 0 saturated heterocycles. The van der Waals surface area contributed by atoms with Crippen LogP contribution >= 0.6 is 0 Å². The van der Waals surface area contributed by atoms with Crippen molar-refractivity contribution in [3.05, 3.63) is 126 Å². The zero-order valence-electron chi connectivity index (χ0n) is 28.4. The van der Waals surface area contributed by atoms with Gasteiger partial charge in [0.15, 0.2) is 17.5 Å².